The van der Waals surface area contributed by atoms with Crippen molar-refractivity contribution in [3.63, 3.8) is 0 Å². The Balaban J connectivity index is 3.24. The molecule has 0 aliphatic rings. The standard InChI is InChI=1S/C11H18N2O4/c1-9-3-2-4-10(12(5-14)6-15)11(9)13(7-16)8-17/h2-4,14-17H,5-8H2,1H3. The van der Waals surface area contributed by atoms with E-state index < -0.39 is 0 Å². The number of anilines is 2. The molecule has 6 heteroatoms. The van der Waals surface area contributed by atoms with Gasteiger partial charge in [0.15, 0.2) is 0 Å². The largest absolute Gasteiger partial charge is 0.376 e. The second-order valence-electron chi connectivity index (χ2n) is 3.59. The lowest BCUT2D eigenvalue weighted by atomic mass is 10.1. The summed E-state index contributed by atoms with van der Waals surface area (Å²) in [5.41, 5.74) is 1.97. The van der Waals surface area contributed by atoms with Crippen molar-refractivity contribution in [2.45, 2.75) is 6.92 Å². The molecule has 0 unspecified atom stereocenters. The highest BCUT2D eigenvalue weighted by Crippen LogP contribution is 2.31. The average molecular weight is 242 g/mol. The fourth-order valence-corrected chi connectivity index (χ4v) is 1.69. The lowest BCUT2D eigenvalue weighted by molar-refractivity contribution is 0.216. The number of hydrogen-bond donors (Lipinski definition) is 4. The Kier molecular flexibility index (Phi) is 5.17. The molecule has 0 fully saturated rings. The van der Waals surface area contributed by atoms with E-state index in [4.69, 9.17) is 10.2 Å². The van der Waals surface area contributed by atoms with Gasteiger partial charge in [0.1, 0.15) is 26.9 Å². The number of nitrogens with zero attached hydrogens (tertiary/aromatic N) is 2. The molecule has 0 saturated carbocycles. The van der Waals surface area contributed by atoms with Gasteiger partial charge in [0.2, 0.25) is 0 Å². The van der Waals surface area contributed by atoms with Crippen LogP contribution in [-0.4, -0.2) is 47.3 Å². The predicted molar refractivity (Wildman–Crippen MR) is 64.5 cm³/mol. The first-order chi connectivity index (χ1) is 8.19. The number of rotatable bonds is 6. The molecule has 96 valence electrons. The van der Waals surface area contributed by atoms with Gasteiger partial charge in [-0.25, -0.2) is 0 Å². The van der Waals surface area contributed by atoms with Crippen molar-refractivity contribution >= 4 is 11.4 Å². The summed E-state index contributed by atoms with van der Waals surface area (Å²) in [6.45, 7) is 0.428. The van der Waals surface area contributed by atoms with E-state index in [2.05, 4.69) is 0 Å². The lowest BCUT2D eigenvalue weighted by Gasteiger charge is -2.29. The van der Waals surface area contributed by atoms with Gasteiger partial charge in [-0.3, -0.25) is 0 Å². The number of hydrogen-bond acceptors (Lipinski definition) is 6. The van der Waals surface area contributed by atoms with Gasteiger partial charge in [-0.05, 0) is 18.6 Å². The van der Waals surface area contributed by atoms with Crippen molar-refractivity contribution in [3.8, 4) is 0 Å². The van der Waals surface area contributed by atoms with E-state index in [-0.39, 0.29) is 26.9 Å². The monoisotopic (exact) mass is 242 g/mol. The smallest absolute Gasteiger partial charge is 0.117 e. The van der Waals surface area contributed by atoms with Gasteiger partial charge in [0.05, 0.1) is 11.4 Å². The van der Waals surface area contributed by atoms with Crippen molar-refractivity contribution in [2.75, 3.05) is 36.7 Å². The van der Waals surface area contributed by atoms with Crippen LogP contribution in [0.5, 0.6) is 0 Å². The third-order valence-electron chi connectivity index (χ3n) is 2.56. The molecule has 17 heavy (non-hydrogen) atoms. The molecule has 0 amide bonds. The number of para-hydroxylation sites is 1. The molecule has 0 spiro atoms. The van der Waals surface area contributed by atoms with Crippen LogP contribution in [0.3, 0.4) is 0 Å². The molecule has 0 aliphatic heterocycles. The maximum Gasteiger partial charge on any atom is 0.117 e. The lowest BCUT2D eigenvalue weighted by Crippen LogP contribution is -2.31. The summed E-state index contributed by atoms with van der Waals surface area (Å²) in [4.78, 5) is 2.66. The van der Waals surface area contributed by atoms with E-state index in [0.29, 0.717) is 11.4 Å². The fourth-order valence-electron chi connectivity index (χ4n) is 1.69. The Morgan fingerprint density at radius 3 is 1.88 bits per heavy atom. The van der Waals surface area contributed by atoms with Crippen LogP contribution in [-0.2, 0) is 0 Å². The van der Waals surface area contributed by atoms with Gasteiger partial charge in [0.25, 0.3) is 0 Å². The third-order valence-corrected chi connectivity index (χ3v) is 2.56. The van der Waals surface area contributed by atoms with E-state index in [9.17, 15) is 10.2 Å². The van der Waals surface area contributed by atoms with Crippen LogP contribution in [0.1, 0.15) is 5.56 Å². The van der Waals surface area contributed by atoms with Gasteiger partial charge >= 0.3 is 0 Å². The van der Waals surface area contributed by atoms with Crippen LogP contribution in [0, 0.1) is 6.92 Å². The minimum absolute atomic E-state index is 0.348. The fraction of sp³-hybridized carbons (Fsp3) is 0.455. The van der Waals surface area contributed by atoms with Crippen LogP contribution < -0.4 is 9.80 Å². The van der Waals surface area contributed by atoms with Crippen molar-refractivity contribution in [1.82, 2.24) is 0 Å². The first kappa shape index (κ1) is 13.7. The number of aliphatic hydroxyl groups excluding tert-OH is 4. The topological polar surface area (TPSA) is 87.4 Å². The van der Waals surface area contributed by atoms with Crippen molar-refractivity contribution in [3.05, 3.63) is 23.8 Å². The van der Waals surface area contributed by atoms with Gasteiger partial charge in [-0.15, -0.1) is 0 Å². The first-order valence-electron chi connectivity index (χ1n) is 5.22. The zero-order valence-corrected chi connectivity index (χ0v) is 9.74. The molecule has 0 radical (unpaired) electrons. The highest BCUT2D eigenvalue weighted by atomic mass is 16.3. The first-order valence-corrected chi connectivity index (χ1v) is 5.22. The second kappa shape index (κ2) is 6.41. The Labute approximate surface area is 100.0 Å². The van der Waals surface area contributed by atoms with E-state index in [1.165, 1.54) is 9.80 Å². The zero-order valence-electron chi connectivity index (χ0n) is 9.74. The Hall–Kier alpha value is -1.34. The van der Waals surface area contributed by atoms with Crippen molar-refractivity contribution in [1.29, 1.82) is 0 Å². The zero-order chi connectivity index (χ0) is 12.8. The molecular formula is C11H18N2O4. The van der Waals surface area contributed by atoms with Crippen LogP contribution in [0.25, 0.3) is 0 Å². The Morgan fingerprint density at radius 1 is 0.882 bits per heavy atom. The Morgan fingerprint density at radius 2 is 1.41 bits per heavy atom. The van der Waals surface area contributed by atoms with E-state index in [0.717, 1.165) is 5.56 Å². The van der Waals surface area contributed by atoms with Gasteiger partial charge in [-0.2, -0.15) is 0 Å². The highest BCUT2D eigenvalue weighted by Gasteiger charge is 2.16. The molecule has 0 heterocycles. The number of aliphatic hydroxyl groups is 4. The van der Waals surface area contributed by atoms with Gasteiger partial charge in [0, 0.05) is 0 Å². The summed E-state index contributed by atoms with van der Waals surface area (Å²) in [6, 6.07) is 5.30. The normalized spacial score (nSPS) is 10.4. The molecule has 1 aromatic carbocycles. The summed E-state index contributed by atoms with van der Waals surface area (Å²) >= 11 is 0. The van der Waals surface area contributed by atoms with Crippen molar-refractivity contribution in [2.24, 2.45) is 0 Å². The summed E-state index contributed by atoms with van der Waals surface area (Å²) in [5.74, 6) is 0. The maximum absolute atomic E-state index is 9.18. The number of aryl methyl sites for hydroxylation is 1. The molecule has 0 bridgehead atoms. The molecular weight excluding hydrogens is 224 g/mol. The molecule has 0 aromatic heterocycles. The quantitative estimate of drug-likeness (QED) is 0.499. The van der Waals surface area contributed by atoms with E-state index in [1.807, 2.05) is 13.0 Å². The SMILES string of the molecule is Cc1cccc(N(CO)CO)c1N(CO)CO. The summed E-state index contributed by atoms with van der Waals surface area (Å²) in [7, 11) is 0. The van der Waals surface area contributed by atoms with Crippen LogP contribution in [0.2, 0.25) is 0 Å². The minimum atomic E-state index is -0.350. The molecule has 0 saturated heterocycles. The van der Waals surface area contributed by atoms with Gasteiger partial charge < -0.3 is 30.2 Å². The molecule has 6 nitrogen and oxygen atoms in total. The van der Waals surface area contributed by atoms with E-state index >= 15 is 0 Å². The highest BCUT2D eigenvalue weighted by molar-refractivity contribution is 5.74. The van der Waals surface area contributed by atoms with Crippen molar-refractivity contribution < 1.29 is 20.4 Å². The van der Waals surface area contributed by atoms with Crippen LogP contribution in [0.15, 0.2) is 18.2 Å². The molecule has 0 aliphatic carbocycles. The molecule has 0 atom stereocenters. The average Bonchev–Trinajstić information content (AvgIpc) is 2.35. The predicted octanol–water partition coefficient (Wildman–Crippen LogP) is -0.593. The summed E-state index contributed by atoms with van der Waals surface area (Å²) < 4.78 is 0. The third kappa shape index (κ3) is 2.86. The minimum Gasteiger partial charge on any atom is -0.376 e. The van der Waals surface area contributed by atoms with Crippen LogP contribution in [0.4, 0.5) is 11.4 Å². The van der Waals surface area contributed by atoms with E-state index in [1.54, 1.807) is 12.1 Å². The maximum atomic E-state index is 9.18. The number of benzene rings is 1. The summed E-state index contributed by atoms with van der Waals surface area (Å²) in [5, 5.41) is 36.6. The molecule has 1 aromatic rings. The molecule has 1 rings (SSSR count). The second-order valence-corrected chi connectivity index (χ2v) is 3.59. The Bertz CT molecular complexity index is 351. The van der Waals surface area contributed by atoms with Gasteiger partial charge in [-0.1, -0.05) is 12.1 Å². The molecule has 4 N–H and O–H groups in total. The van der Waals surface area contributed by atoms with Crippen LogP contribution >= 0.6 is 0 Å². The summed E-state index contributed by atoms with van der Waals surface area (Å²) in [6.07, 6.45) is 0.